The largest absolute Gasteiger partial charge is 0.497 e. The van der Waals surface area contributed by atoms with E-state index in [-0.39, 0.29) is 35.1 Å². The predicted molar refractivity (Wildman–Crippen MR) is 148 cm³/mol. The zero-order chi connectivity index (χ0) is 27.4. The summed E-state index contributed by atoms with van der Waals surface area (Å²) < 4.78 is 27.6. The first kappa shape index (κ1) is 27.1. The SMILES string of the molecule is COc1ccc(CN(O)C(=O)c2c(Oc3cncc(C)c3)cc(=O)n(C)c2Nc2ccc(I)cc2F)cc1. The maximum Gasteiger partial charge on any atom is 0.285 e. The second-order valence-electron chi connectivity index (χ2n) is 8.39. The fourth-order valence-electron chi connectivity index (χ4n) is 3.64. The van der Waals surface area contributed by atoms with Crippen molar-refractivity contribution in [1.29, 1.82) is 0 Å². The number of nitrogens with zero attached hydrogens (tertiary/aromatic N) is 3. The van der Waals surface area contributed by atoms with Crippen molar-refractivity contribution in [3.63, 3.8) is 0 Å². The topological polar surface area (TPSA) is 106 Å². The lowest BCUT2D eigenvalue weighted by Crippen LogP contribution is -2.31. The van der Waals surface area contributed by atoms with Crippen LogP contribution in [-0.2, 0) is 13.6 Å². The lowest BCUT2D eigenvalue weighted by Gasteiger charge is -2.22. The summed E-state index contributed by atoms with van der Waals surface area (Å²) in [4.78, 5) is 30.6. The van der Waals surface area contributed by atoms with Crippen LogP contribution in [0, 0.1) is 16.3 Å². The van der Waals surface area contributed by atoms with Gasteiger partial charge in [0.05, 0.1) is 25.5 Å². The number of pyridine rings is 2. The Kier molecular flexibility index (Phi) is 8.27. The number of aromatic nitrogens is 2. The van der Waals surface area contributed by atoms with Crippen molar-refractivity contribution in [3.8, 4) is 17.2 Å². The molecule has 0 radical (unpaired) electrons. The number of carbonyl (C=O) groups is 1. The molecule has 1 amide bonds. The van der Waals surface area contributed by atoms with Crippen LogP contribution in [0.15, 0.2) is 71.8 Å². The molecule has 9 nitrogen and oxygen atoms in total. The summed E-state index contributed by atoms with van der Waals surface area (Å²) in [6.45, 7) is 1.64. The van der Waals surface area contributed by atoms with Gasteiger partial charge in [0, 0.05) is 22.9 Å². The van der Waals surface area contributed by atoms with Crippen molar-refractivity contribution in [2.75, 3.05) is 12.4 Å². The standard InChI is InChI=1S/C27H24FIN4O5/c1-16-10-20(14-30-13-16)38-23-12-24(34)32(2)26(31-22-9-6-18(29)11-21(22)28)25(23)27(35)33(36)15-17-4-7-19(37-3)8-5-17/h4-14,31,36H,15H2,1-3H3. The number of halogens is 2. The third-order valence-corrected chi connectivity index (χ3v) is 6.28. The first-order valence-electron chi connectivity index (χ1n) is 11.4. The van der Waals surface area contributed by atoms with Crippen LogP contribution in [0.1, 0.15) is 21.5 Å². The number of amides is 1. The Morgan fingerprint density at radius 3 is 2.53 bits per heavy atom. The quantitative estimate of drug-likeness (QED) is 0.153. The zero-order valence-corrected chi connectivity index (χ0v) is 22.9. The number of hydrogen-bond donors (Lipinski definition) is 2. The van der Waals surface area contributed by atoms with Gasteiger partial charge in [0.2, 0.25) is 0 Å². The van der Waals surface area contributed by atoms with Crippen LogP contribution in [0.25, 0.3) is 0 Å². The van der Waals surface area contributed by atoms with Gasteiger partial charge in [0.25, 0.3) is 11.5 Å². The molecule has 0 bridgehead atoms. The minimum absolute atomic E-state index is 0.0310. The van der Waals surface area contributed by atoms with E-state index < -0.39 is 17.3 Å². The first-order chi connectivity index (χ1) is 18.2. The Balaban J connectivity index is 1.81. The highest BCUT2D eigenvalue weighted by Gasteiger charge is 2.27. The number of aryl methyl sites for hydroxylation is 1. The molecular weight excluding hydrogens is 606 g/mol. The average Bonchev–Trinajstić information content (AvgIpc) is 2.88. The van der Waals surface area contributed by atoms with Crippen molar-refractivity contribution in [2.45, 2.75) is 13.5 Å². The zero-order valence-electron chi connectivity index (χ0n) is 20.7. The van der Waals surface area contributed by atoms with Gasteiger partial charge in [-0.1, -0.05) is 12.1 Å². The molecule has 4 aromatic rings. The van der Waals surface area contributed by atoms with E-state index in [1.807, 2.05) is 29.5 Å². The molecule has 0 saturated heterocycles. The molecule has 2 aromatic carbocycles. The maximum absolute atomic E-state index is 14.8. The summed E-state index contributed by atoms with van der Waals surface area (Å²) in [6.07, 6.45) is 3.05. The Morgan fingerprint density at radius 1 is 1.13 bits per heavy atom. The minimum atomic E-state index is -0.875. The second-order valence-corrected chi connectivity index (χ2v) is 9.64. The predicted octanol–water partition coefficient (Wildman–Crippen LogP) is 5.41. The van der Waals surface area contributed by atoms with E-state index in [4.69, 9.17) is 9.47 Å². The lowest BCUT2D eigenvalue weighted by molar-refractivity contribution is -0.0649. The van der Waals surface area contributed by atoms with Gasteiger partial charge in [-0.25, -0.2) is 9.45 Å². The van der Waals surface area contributed by atoms with Crippen molar-refractivity contribution >= 4 is 40.0 Å². The van der Waals surface area contributed by atoms with E-state index in [1.54, 1.807) is 42.6 Å². The molecule has 2 aromatic heterocycles. The van der Waals surface area contributed by atoms with E-state index >= 15 is 0 Å². The van der Waals surface area contributed by atoms with E-state index in [2.05, 4.69) is 10.3 Å². The number of rotatable bonds is 8. The molecule has 11 heteroatoms. The summed E-state index contributed by atoms with van der Waals surface area (Å²) >= 11 is 1.98. The van der Waals surface area contributed by atoms with Crippen molar-refractivity contribution in [1.82, 2.24) is 14.6 Å². The summed E-state index contributed by atoms with van der Waals surface area (Å²) in [7, 11) is 2.96. The molecule has 2 heterocycles. The average molecular weight is 630 g/mol. The van der Waals surface area contributed by atoms with Crippen LogP contribution in [0.4, 0.5) is 15.9 Å². The molecular formula is C27H24FIN4O5. The Hall–Kier alpha value is -3.97. The fraction of sp³-hybridized carbons (Fsp3) is 0.148. The van der Waals surface area contributed by atoms with Gasteiger partial charge in [0.1, 0.15) is 34.4 Å². The van der Waals surface area contributed by atoms with Gasteiger partial charge in [-0.15, -0.1) is 0 Å². The number of carbonyl (C=O) groups excluding carboxylic acids is 1. The molecule has 0 spiro atoms. The monoisotopic (exact) mass is 630 g/mol. The molecule has 0 atom stereocenters. The number of benzene rings is 2. The van der Waals surface area contributed by atoms with E-state index in [9.17, 15) is 19.2 Å². The van der Waals surface area contributed by atoms with Gasteiger partial charge >= 0.3 is 0 Å². The summed E-state index contributed by atoms with van der Waals surface area (Å²) in [5.74, 6) is -0.759. The first-order valence-corrected chi connectivity index (χ1v) is 12.4. The molecule has 0 fully saturated rings. The molecule has 0 saturated carbocycles. The number of anilines is 2. The van der Waals surface area contributed by atoms with Gasteiger partial charge in [-0.2, -0.15) is 0 Å². The third-order valence-electron chi connectivity index (χ3n) is 5.61. The molecule has 196 valence electrons. The summed E-state index contributed by atoms with van der Waals surface area (Å²) in [5.41, 5.74) is 0.744. The minimum Gasteiger partial charge on any atom is -0.497 e. The number of ether oxygens (including phenoxy) is 2. The smallest absolute Gasteiger partial charge is 0.285 e. The normalized spacial score (nSPS) is 10.7. The highest BCUT2D eigenvalue weighted by Crippen LogP contribution is 2.33. The van der Waals surface area contributed by atoms with Crippen LogP contribution in [0.3, 0.4) is 0 Å². The fourth-order valence-corrected chi connectivity index (χ4v) is 4.10. The molecule has 2 N–H and O–H groups in total. The number of nitrogens with one attached hydrogen (secondary N) is 1. The Morgan fingerprint density at radius 2 is 1.87 bits per heavy atom. The summed E-state index contributed by atoms with van der Waals surface area (Å²) in [6, 6.07) is 14.1. The second kappa shape index (κ2) is 11.6. The van der Waals surface area contributed by atoms with Crippen LogP contribution in [0.5, 0.6) is 17.2 Å². The lowest BCUT2D eigenvalue weighted by atomic mass is 10.1. The Bertz CT molecular complexity index is 1540. The van der Waals surface area contributed by atoms with E-state index in [0.717, 1.165) is 16.2 Å². The van der Waals surface area contributed by atoms with Crippen LogP contribution in [0.2, 0.25) is 0 Å². The number of methoxy groups -OCH3 is 1. The molecule has 4 rings (SSSR count). The van der Waals surface area contributed by atoms with Crippen LogP contribution >= 0.6 is 22.6 Å². The Labute approximate surface area is 231 Å². The van der Waals surface area contributed by atoms with Gasteiger partial charge in [0.15, 0.2) is 0 Å². The molecule has 38 heavy (non-hydrogen) atoms. The van der Waals surface area contributed by atoms with Crippen molar-refractivity contribution in [2.24, 2.45) is 7.05 Å². The molecule has 0 aliphatic carbocycles. The van der Waals surface area contributed by atoms with Gasteiger partial charge < -0.3 is 14.8 Å². The highest BCUT2D eigenvalue weighted by molar-refractivity contribution is 14.1. The maximum atomic E-state index is 14.8. The number of hydrogen-bond acceptors (Lipinski definition) is 7. The van der Waals surface area contributed by atoms with Crippen molar-refractivity contribution < 1.29 is 23.9 Å². The van der Waals surface area contributed by atoms with Gasteiger partial charge in [-0.05, 0) is 77.0 Å². The van der Waals surface area contributed by atoms with E-state index in [1.165, 1.54) is 32.5 Å². The molecule has 0 aliphatic heterocycles. The van der Waals surface area contributed by atoms with Gasteiger partial charge in [-0.3, -0.25) is 24.3 Å². The summed E-state index contributed by atoms with van der Waals surface area (Å²) in [5, 5.41) is 14.2. The molecule has 0 aliphatic rings. The number of hydroxylamine groups is 2. The highest BCUT2D eigenvalue weighted by atomic mass is 127. The van der Waals surface area contributed by atoms with Crippen LogP contribution < -0.4 is 20.3 Å². The van der Waals surface area contributed by atoms with E-state index in [0.29, 0.717) is 19.9 Å². The van der Waals surface area contributed by atoms with Crippen LogP contribution in [-0.4, -0.2) is 32.8 Å². The van der Waals surface area contributed by atoms with Crippen molar-refractivity contribution in [3.05, 3.63) is 103 Å². The molecule has 0 unspecified atom stereocenters. The third kappa shape index (κ3) is 6.11.